The second kappa shape index (κ2) is 5.41. The number of amides is 1. The van der Waals surface area contributed by atoms with Crippen molar-refractivity contribution in [2.24, 2.45) is 0 Å². The molecular formula is C9H8ClFN2O3. The Hall–Kier alpha value is -1.69. The minimum absolute atomic E-state index is 0.100. The lowest BCUT2D eigenvalue weighted by Crippen LogP contribution is -2.25. The largest absolute Gasteiger partial charge is 0.351 e. The van der Waals surface area contributed by atoms with Crippen LogP contribution in [0.2, 0.25) is 0 Å². The number of nitro groups is 1. The fourth-order valence-electron chi connectivity index (χ4n) is 1.07. The van der Waals surface area contributed by atoms with Crippen molar-refractivity contribution in [2.75, 3.05) is 12.4 Å². The number of benzene rings is 1. The number of nitrogens with one attached hydrogen (secondary N) is 1. The topological polar surface area (TPSA) is 72.2 Å². The first-order valence-electron chi connectivity index (χ1n) is 4.33. The van der Waals surface area contributed by atoms with Gasteiger partial charge in [-0.1, -0.05) is 0 Å². The van der Waals surface area contributed by atoms with Gasteiger partial charge in [-0.15, -0.1) is 11.6 Å². The van der Waals surface area contributed by atoms with E-state index in [1.165, 1.54) is 0 Å². The molecule has 0 bridgehead atoms. The number of carbonyl (C=O) groups excluding carboxylic acids is 1. The lowest BCUT2D eigenvalue weighted by molar-refractivity contribution is -0.385. The van der Waals surface area contributed by atoms with Crippen LogP contribution in [0.1, 0.15) is 10.4 Å². The van der Waals surface area contributed by atoms with E-state index in [0.29, 0.717) is 0 Å². The van der Waals surface area contributed by atoms with Gasteiger partial charge in [-0.2, -0.15) is 0 Å². The summed E-state index contributed by atoms with van der Waals surface area (Å²) in [6, 6.07) is 2.68. The molecule has 0 fully saturated rings. The van der Waals surface area contributed by atoms with Crippen LogP contribution in [0.15, 0.2) is 18.2 Å². The summed E-state index contributed by atoms with van der Waals surface area (Å²) in [5.74, 6) is -1.21. The molecule has 1 amide bonds. The van der Waals surface area contributed by atoms with Gasteiger partial charge in [0.05, 0.1) is 11.0 Å². The lowest BCUT2D eigenvalue weighted by Gasteiger charge is -2.02. The van der Waals surface area contributed by atoms with Gasteiger partial charge in [0.15, 0.2) is 0 Å². The first-order chi connectivity index (χ1) is 7.54. The number of alkyl halides is 1. The third kappa shape index (κ3) is 3.16. The number of nitro benzene ring substituents is 1. The summed E-state index contributed by atoms with van der Waals surface area (Å²) in [7, 11) is 0. The standard InChI is InChI=1S/C9H8ClFN2O3/c10-1-2-12-9(14)6-3-7(11)5-8(4-6)13(15)16/h3-5H,1-2H2,(H,12,14). The van der Waals surface area contributed by atoms with Crippen molar-refractivity contribution in [3.8, 4) is 0 Å². The number of hydrogen-bond acceptors (Lipinski definition) is 3. The van der Waals surface area contributed by atoms with Crippen molar-refractivity contribution < 1.29 is 14.1 Å². The second-order valence-corrected chi connectivity index (χ2v) is 3.28. The van der Waals surface area contributed by atoms with Gasteiger partial charge < -0.3 is 5.32 Å². The number of non-ortho nitro benzene ring substituents is 1. The molecule has 0 aliphatic carbocycles. The molecule has 1 N–H and O–H groups in total. The molecule has 0 heterocycles. The molecule has 0 saturated heterocycles. The number of nitrogens with zero attached hydrogens (tertiary/aromatic N) is 1. The number of halogens is 2. The van der Waals surface area contributed by atoms with E-state index in [4.69, 9.17) is 11.6 Å². The maximum atomic E-state index is 13.0. The van der Waals surface area contributed by atoms with E-state index in [2.05, 4.69) is 5.32 Å². The second-order valence-electron chi connectivity index (χ2n) is 2.90. The molecule has 1 aromatic carbocycles. The Morgan fingerprint density at radius 1 is 1.50 bits per heavy atom. The highest BCUT2D eigenvalue weighted by atomic mass is 35.5. The summed E-state index contributed by atoms with van der Waals surface area (Å²) in [6.45, 7) is 0.213. The quantitative estimate of drug-likeness (QED) is 0.499. The van der Waals surface area contributed by atoms with Gasteiger partial charge in [0.25, 0.3) is 11.6 Å². The predicted octanol–water partition coefficient (Wildman–Crippen LogP) is 1.70. The van der Waals surface area contributed by atoms with Crippen LogP contribution in [0, 0.1) is 15.9 Å². The van der Waals surface area contributed by atoms with Crippen LogP contribution in [0.5, 0.6) is 0 Å². The summed E-state index contributed by atoms with van der Waals surface area (Å²) >= 11 is 5.35. The van der Waals surface area contributed by atoms with Crippen LogP contribution in [-0.2, 0) is 0 Å². The summed E-state index contributed by atoms with van der Waals surface area (Å²) in [5, 5.41) is 12.8. The van der Waals surface area contributed by atoms with Gasteiger partial charge >= 0.3 is 0 Å². The minimum Gasteiger partial charge on any atom is -0.351 e. The molecule has 0 atom stereocenters. The SMILES string of the molecule is O=C(NCCCl)c1cc(F)cc([N+](=O)[O-])c1. The smallest absolute Gasteiger partial charge is 0.273 e. The Bertz CT molecular complexity index is 425. The van der Waals surface area contributed by atoms with E-state index in [1.54, 1.807) is 0 Å². The number of rotatable bonds is 4. The van der Waals surface area contributed by atoms with Crippen molar-refractivity contribution >= 4 is 23.2 Å². The number of carbonyl (C=O) groups is 1. The zero-order chi connectivity index (χ0) is 12.1. The van der Waals surface area contributed by atoms with Crippen LogP contribution in [0.4, 0.5) is 10.1 Å². The van der Waals surface area contributed by atoms with Gasteiger partial charge in [-0.05, 0) is 6.07 Å². The Morgan fingerprint density at radius 3 is 2.75 bits per heavy atom. The van der Waals surface area contributed by atoms with Gasteiger partial charge in [0.1, 0.15) is 5.82 Å². The van der Waals surface area contributed by atoms with Crippen LogP contribution in [-0.4, -0.2) is 23.3 Å². The lowest BCUT2D eigenvalue weighted by atomic mass is 10.2. The maximum absolute atomic E-state index is 13.0. The average Bonchev–Trinajstić information content (AvgIpc) is 2.24. The van der Waals surface area contributed by atoms with E-state index in [9.17, 15) is 19.3 Å². The maximum Gasteiger partial charge on any atom is 0.273 e. The fraction of sp³-hybridized carbons (Fsp3) is 0.222. The first kappa shape index (κ1) is 12.4. The van der Waals surface area contributed by atoms with Gasteiger partial charge in [-0.25, -0.2) is 4.39 Å². The van der Waals surface area contributed by atoms with Crippen molar-refractivity contribution in [3.05, 3.63) is 39.7 Å². The zero-order valence-corrected chi connectivity index (χ0v) is 8.83. The van der Waals surface area contributed by atoms with Crippen LogP contribution < -0.4 is 5.32 Å². The summed E-state index contributed by atoms with van der Waals surface area (Å²) in [4.78, 5) is 21.0. The van der Waals surface area contributed by atoms with E-state index in [-0.39, 0.29) is 18.0 Å². The molecular weight excluding hydrogens is 239 g/mol. The van der Waals surface area contributed by atoms with E-state index < -0.39 is 22.3 Å². The van der Waals surface area contributed by atoms with Crippen molar-refractivity contribution in [2.45, 2.75) is 0 Å². The average molecular weight is 247 g/mol. The normalized spacial score (nSPS) is 9.88. The molecule has 0 radical (unpaired) electrons. The monoisotopic (exact) mass is 246 g/mol. The predicted molar refractivity (Wildman–Crippen MR) is 56.1 cm³/mol. The summed E-state index contributed by atoms with van der Waals surface area (Å²) < 4.78 is 13.0. The van der Waals surface area contributed by atoms with Crippen LogP contribution in [0.25, 0.3) is 0 Å². The number of hydrogen-bond donors (Lipinski definition) is 1. The first-order valence-corrected chi connectivity index (χ1v) is 4.87. The molecule has 0 unspecified atom stereocenters. The molecule has 7 heteroatoms. The highest BCUT2D eigenvalue weighted by molar-refractivity contribution is 6.18. The van der Waals surface area contributed by atoms with Crippen LogP contribution in [0.3, 0.4) is 0 Å². The van der Waals surface area contributed by atoms with Gasteiger partial charge in [0, 0.05) is 24.1 Å². The van der Waals surface area contributed by atoms with E-state index >= 15 is 0 Å². The van der Waals surface area contributed by atoms with Crippen molar-refractivity contribution in [1.82, 2.24) is 5.32 Å². The van der Waals surface area contributed by atoms with Crippen LogP contribution >= 0.6 is 11.6 Å². The summed E-state index contributed by atoms with van der Waals surface area (Å²) in [6.07, 6.45) is 0. The molecule has 0 aliphatic heterocycles. The Morgan fingerprint density at radius 2 is 2.19 bits per heavy atom. The molecule has 16 heavy (non-hydrogen) atoms. The highest BCUT2D eigenvalue weighted by Crippen LogP contribution is 2.16. The molecule has 1 rings (SSSR count). The van der Waals surface area contributed by atoms with Crippen molar-refractivity contribution in [1.29, 1.82) is 0 Å². The minimum atomic E-state index is -0.828. The fourth-order valence-corrected chi connectivity index (χ4v) is 1.17. The third-order valence-corrected chi connectivity index (χ3v) is 1.92. The third-order valence-electron chi connectivity index (χ3n) is 1.74. The molecule has 0 saturated carbocycles. The molecule has 5 nitrogen and oxygen atoms in total. The highest BCUT2D eigenvalue weighted by Gasteiger charge is 2.14. The van der Waals surface area contributed by atoms with Gasteiger partial charge in [0.2, 0.25) is 0 Å². The molecule has 0 aliphatic rings. The Kier molecular flexibility index (Phi) is 4.19. The van der Waals surface area contributed by atoms with E-state index in [1.807, 2.05) is 0 Å². The zero-order valence-electron chi connectivity index (χ0n) is 8.07. The molecule has 0 spiro atoms. The van der Waals surface area contributed by atoms with E-state index in [0.717, 1.165) is 18.2 Å². The Labute approximate surface area is 95.4 Å². The molecule has 0 aromatic heterocycles. The van der Waals surface area contributed by atoms with Crippen molar-refractivity contribution in [3.63, 3.8) is 0 Å². The summed E-state index contributed by atoms with van der Waals surface area (Å²) in [5.41, 5.74) is -0.562. The Balaban J connectivity index is 2.95. The van der Waals surface area contributed by atoms with Gasteiger partial charge in [-0.3, -0.25) is 14.9 Å². The molecule has 86 valence electrons. The molecule has 1 aromatic rings.